The van der Waals surface area contributed by atoms with Crippen LogP contribution in [-0.4, -0.2) is 33.8 Å². The SMILES string of the molecule is CC1CCCC(CNS(=O)(=O)CC2CCNCC2)C1. The van der Waals surface area contributed by atoms with Gasteiger partial charge in [0.15, 0.2) is 0 Å². The van der Waals surface area contributed by atoms with E-state index in [1.807, 2.05) is 0 Å². The third-order valence-corrected chi connectivity index (χ3v) is 6.07. The van der Waals surface area contributed by atoms with E-state index in [0.717, 1.165) is 31.8 Å². The Balaban J connectivity index is 1.73. The Labute approximate surface area is 117 Å². The van der Waals surface area contributed by atoms with Gasteiger partial charge in [-0.3, -0.25) is 0 Å². The summed E-state index contributed by atoms with van der Waals surface area (Å²) >= 11 is 0. The summed E-state index contributed by atoms with van der Waals surface area (Å²) in [5, 5.41) is 3.27. The van der Waals surface area contributed by atoms with Gasteiger partial charge in [-0.05, 0) is 56.5 Å². The van der Waals surface area contributed by atoms with Gasteiger partial charge in [0, 0.05) is 6.54 Å². The zero-order valence-corrected chi connectivity index (χ0v) is 12.8. The van der Waals surface area contributed by atoms with Crippen molar-refractivity contribution in [3.05, 3.63) is 0 Å². The van der Waals surface area contributed by atoms with Gasteiger partial charge in [-0.1, -0.05) is 19.8 Å². The van der Waals surface area contributed by atoms with Crippen LogP contribution in [0.1, 0.15) is 45.4 Å². The third kappa shape index (κ3) is 5.40. The number of nitrogens with one attached hydrogen (secondary N) is 2. The van der Waals surface area contributed by atoms with Crippen molar-refractivity contribution in [1.82, 2.24) is 10.0 Å². The van der Waals surface area contributed by atoms with Crippen molar-refractivity contribution in [3.63, 3.8) is 0 Å². The van der Waals surface area contributed by atoms with Crippen LogP contribution in [0, 0.1) is 17.8 Å². The Morgan fingerprint density at radius 2 is 1.84 bits per heavy atom. The van der Waals surface area contributed by atoms with E-state index in [9.17, 15) is 8.42 Å². The van der Waals surface area contributed by atoms with Crippen LogP contribution in [-0.2, 0) is 10.0 Å². The normalized spacial score (nSPS) is 30.4. The summed E-state index contributed by atoms with van der Waals surface area (Å²) in [5.41, 5.74) is 0. The second-order valence-electron chi connectivity index (χ2n) is 6.46. The zero-order chi connectivity index (χ0) is 13.7. The predicted molar refractivity (Wildman–Crippen MR) is 78.5 cm³/mol. The first-order chi connectivity index (χ1) is 9.05. The molecular formula is C14H28N2O2S. The molecule has 0 aromatic rings. The summed E-state index contributed by atoms with van der Waals surface area (Å²) in [7, 11) is -3.08. The van der Waals surface area contributed by atoms with Crippen LogP contribution >= 0.6 is 0 Å². The third-order valence-electron chi connectivity index (χ3n) is 4.55. The molecule has 2 N–H and O–H groups in total. The Bertz CT molecular complexity index is 364. The molecule has 2 unspecified atom stereocenters. The molecule has 19 heavy (non-hydrogen) atoms. The maximum Gasteiger partial charge on any atom is 0.211 e. The Kier molecular flexibility index (Phi) is 5.66. The maximum absolute atomic E-state index is 12.1. The van der Waals surface area contributed by atoms with Gasteiger partial charge in [-0.15, -0.1) is 0 Å². The second kappa shape index (κ2) is 7.04. The molecule has 1 aliphatic carbocycles. The molecule has 0 aromatic heterocycles. The van der Waals surface area contributed by atoms with Crippen molar-refractivity contribution in [1.29, 1.82) is 0 Å². The lowest BCUT2D eigenvalue weighted by molar-refractivity contribution is 0.283. The molecule has 0 amide bonds. The van der Waals surface area contributed by atoms with Gasteiger partial charge in [-0.2, -0.15) is 0 Å². The van der Waals surface area contributed by atoms with Crippen molar-refractivity contribution < 1.29 is 8.42 Å². The fourth-order valence-electron chi connectivity index (χ4n) is 3.41. The molecule has 0 radical (unpaired) electrons. The van der Waals surface area contributed by atoms with Crippen LogP contribution in [0.15, 0.2) is 0 Å². The van der Waals surface area contributed by atoms with E-state index in [4.69, 9.17) is 0 Å². The van der Waals surface area contributed by atoms with Gasteiger partial charge in [-0.25, -0.2) is 13.1 Å². The predicted octanol–water partition coefficient (Wildman–Crippen LogP) is 1.73. The lowest BCUT2D eigenvalue weighted by atomic mass is 9.83. The summed E-state index contributed by atoms with van der Waals surface area (Å²) in [6, 6.07) is 0. The molecule has 0 bridgehead atoms. The minimum absolute atomic E-state index is 0.316. The minimum atomic E-state index is -3.08. The highest BCUT2D eigenvalue weighted by molar-refractivity contribution is 7.89. The summed E-state index contributed by atoms with van der Waals surface area (Å²) in [4.78, 5) is 0. The number of piperidine rings is 1. The summed E-state index contributed by atoms with van der Waals surface area (Å²) < 4.78 is 27.0. The topological polar surface area (TPSA) is 58.2 Å². The number of sulfonamides is 1. The quantitative estimate of drug-likeness (QED) is 0.810. The fourth-order valence-corrected chi connectivity index (χ4v) is 4.97. The van der Waals surface area contributed by atoms with Crippen molar-refractivity contribution >= 4 is 10.0 Å². The molecule has 1 saturated carbocycles. The molecule has 112 valence electrons. The highest BCUT2D eigenvalue weighted by atomic mass is 32.2. The van der Waals surface area contributed by atoms with Crippen LogP contribution in [0.25, 0.3) is 0 Å². The lowest BCUT2D eigenvalue weighted by Gasteiger charge is -2.27. The molecular weight excluding hydrogens is 260 g/mol. The van der Waals surface area contributed by atoms with Crippen molar-refractivity contribution in [2.45, 2.75) is 45.4 Å². The Morgan fingerprint density at radius 3 is 2.53 bits per heavy atom. The lowest BCUT2D eigenvalue weighted by Crippen LogP contribution is -2.38. The second-order valence-corrected chi connectivity index (χ2v) is 8.31. The summed E-state index contributed by atoms with van der Waals surface area (Å²) in [6.07, 6.45) is 6.89. The molecule has 2 atom stereocenters. The zero-order valence-electron chi connectivity index (χ0n) is 12.0. The first-order valence-electron chi connectivity index (χ1n) is 7.73. The summed E-state index contributed by atoms with van der Waals surface area (Å²) in [5.74, 6) is 1.96. The first-order valence-corrected chi connectivity index (χ1v) is 9.38. The molecule has 2 rings (SSSR count). The van der Waals surface area contributed by atoms with Crippen LogP contribution in [0.5, 0.6) is 0 Å². The smallest absolute Gasteiger partial charge is 0.211 e. The number of rotatable bonds is 5. The number of hydrogen-bond acceptors (Lipinski definition) is 3. The molecule has 2 fully saturated rings. The van der Waals surface area contributed by atoms with E-state index in [2.05, 4.69) is 17.0 Å². The van der Waals surface area contributed by atoms with Gasteiger partial charge in [0.05, 0.1) is 5.75 Å². The molecule has 1 heterocycles. The van der Waals surface area contributed by atoms with E-state index >= 15 is 0 Å². The van der Waals surface area contributed by atoms with E-state index in [1.165, 1.54) is 25.7 Å². The fraction of sp³-hybridized carbons (Fsp3) is 1.00. The van der Waals surface area contributed by atoms with Crippen molar-refractivity contribution in [2.75, 3.05) is 25.4 Å². The Morgan fingerprint density at radius 1 is 1.11 bits per heavy atom. The van der Waals surface area contributed by atoms with Gasteiger partial charge < -0.3 is 5.32 Å². The van der Waals surface area contributed by atoms with Crippen LogP contribution in [0.4, 0.5) is 0 Å². The van der Waals surface area contributed by atoms with E-state index in [1.54, 1.807) is 0 Å². The van der Waals surface area contributed by atoms with Gasteiger partial charge >= 0.3 is 0 Å². The van der Waals surface area contributed by atoms with E-state index < -0.39 is 10.0 Å². The van der Waals surface area contributed by atoms with Crippen LogP contribution in [0.2, 0.25) is 0 Å². The average Bonchev–Trinajstić information content (AvgIpc) is 2.37. The molecule has 0 aromatic carbocycles. The highest BCUT2D eigenvalue weighted by Gasteiger charge is 2.24. The van der Waals surface area contributed by atoms with Gasteiger partial charge in [0.25, 0.3) is 0 Å². The molecule has 4 nitrogen and oxygen atoms in total. The molecule has 0 spiro atoms. The first kappa shape index (κ1) is 15.3. The largest absolute Gasteiger partial charge is 0.317 e. The minimum Gasteiger partial charge on any atom is -0.317 e. The van der Waals surface area contributed by atoms with E-state index in [-0.39, 0.29) is 0 Å². The van der Waals surface area contributed by atoms with Gasteiger partial charge in [0.2, 0.25) is 10.0 Å². The van der Waals surface area contributed by atoms with Crippen molar-refractivity contribution in [2.24, 2.45) is 17.8 Å². The van der Waals surface area contributed by atoms with Gasteiger partial charge in [0.1, 0.15) is 0 Å². The van der Waals surface area contributed by atoms with E-state index in [0.29, 0.717) is 24.1 Å². The Hall–Kier alpha value is -0.130. The molecule has 2 aliphatic rings. The highest BCUT2D eigenvalue weighted by Crippen LogP contribution is 2.28. The average molecular weight is 288 g/mol. The van der Waals surface area contributed by atoms with Crippen LogP contribution < -0.4 is 10.0 Å². The standard InChI is InChI=1S/C14H28N2O2S/c1-12-3-2-4-14(9-12)10-16-19(17,18)11-13-5-7-15-8-6-13/h12-16H,2-11H2,1H3. The maximum atomic E-state index is 12.1. The van der Waals surface area contributed by atoms with Crippen molar-refractivity contribution in [3.8, 4) is 0 Å². The molecule has 5 heteroatoms. The number of hydrogen-bond donors (Lipinski definition) is 2. The van der Waals surface area contributed by atoms with Crippen LogP contribution in [0.3, 0.4) is 0 Å². The monoisotopic (exact) mass is 288 g/mol. The molecule has 1 saturated heterocycles. The summed E-state index contributed by atoms with van der Waals surface area (Å²) in [6.45, 7) is 4.84. The molecule has 1 aliphatic heterocycles.